The molecular weight excluding hydrogens is 224 g/mol. The van der Waals surface area contributed by atoms with Crippen LogP contribution in [0.1, 0.15) is 18.9 Å². The van der Waals surface area contributed by atoms with Gasteiger partial charge in [0.2, 0.25) is 10.0 Å². The molecule has 1 aromatic rings. The van der Waals surface area contributed by atoms with Crippen molar-refractivity contribution in [3.63, 3.8) is 0 Å². The fraction of sp³-hybridized carbons (Fsp3) is 0.571. The summed E-state index contributed by atoms with van der Waals surface area (Å²) in [5.41, 5.74) is -0.590. The second-order valence-electron chi connectivity index (χ2n) is 3.24. The van der Waals surface area contributed by atoms with Gasteiger partial charge in [0.1, 0.15) is 10.6 Å². The van der Waals surface area contributed by atoms with Crippen molar-refractivity contribution in [3.8, 4) is 0 Å². The van der Waals surface area contributed by atoms with Crippen LogP contribution in [0.2, 0.25) is 0 Å². The van der Waals surface area contributed by atoms with E-state index >= 15 is 0 Å². The van der Waals surface area contributed by atoms with Gasteiger partial charge in [0, 0.05) is 7.11 Å². The number of sulfonamides is 1. The van der Waals surface area contributed by atoms with E-state index in [0.29, 0.717) is 5.01 Å². The summed E-state index contributed by atoms with van der Waals surface area (Å²) in [6.45, 7) is 3.61. The molecule has 0 unspecified atom stereocenters. The Balaban J connectivity index is 3.13. The van der Waals surface area contributed by atoms with E-state index in [-0.39, 0.29) is 4.21 Å². The number of nitrogens with two attached hydrogens (primary N) is 1. The number of thiazole rings is 1. The third-order valence-corrected chi connectivity index (χ3v) is 4.50. The summed E-state index contributed by atoms with van der Waals surface area (Å²) < 4.78 is 27.2. The van der Waals surface area contributed by atoms with Gasteiger partial charge in [-0.05, 0) is 13.8 Å². The highest BCUT2D eigenvalue weighted by atomic mass is 32.2. The van der Waals surface area contributed by atoms with Crippen molar-refractivity contribution < 1.29 is 13.2 Å². The van der Waals surface area contributed by atoms with Gasteiger partial charge < -0.3 is 4.74 Å². The van der Waals surface area contributed by atoms with Gasteiger partial charge in [-0.1, -0.05) is 0 Å². The minimum Gasteiger partial charge on any atom is -0.372 e. The van der Waals surface area contributed by atoms with Crippen molar-refractivity contribution in [1.82, 2.24) is 4.98 Å². The third kappa shape index (κ3) is 2.30. The van der Waals surface area contributed by atoms with Crippen LogP contribution < -0.4 is 5.14 Å². The smallest absolute Gasteiger partial charge is 0.249 e. The molecule has 0 radical (unpaired) electrons. The summed E-state index contributed by atoms with van der Waals surface area (Å²) >= 11 is 1.02. The fourth-order valence-corrected chi connectivity index (χ4v) is 2.39. The molecule has 0 aliphatic carbocycles. The van der Waals surface area contributed by atoms with E-state index in [1.807, 2.05) is 0 Å². The zero-order chi connectivity index (χ0) is 11.0. The lowest BCUT2D eigenvalue weighted by Crippen LogP contribution is -2.18. The number of ether oxygens (including phenoxy) is 1. The minimum atomic E-state index is -3.65. The highest BCUT2D eigenvalue weighted by Crippen LogP contribution is 2.29. The molecule has 1 aromatic heterocycles. The van der Waals surface area contributed by atoms with Gasteiger partial charge in [-0.15, -0.1) is 11.3 Å². The molecule has 0 aliphatic rings. The molecule has 0 saturated carbocycles. The van der Waals surface area contributed by atoms with Crippen LogP contribution in [0.3, 0.4) is 0 Å². The molecule has 1 heterocycles. The van der Waals surface area contributed by atoms with Crippen LogP contribution in [-0.4, -0.2) is 20.5 Å². The molecule has 0 atom stereocenters. The topological polar surface area (TPSA) is 82.3 Å². The summed E-state index contributed by atoms with van der Waals surface area (Å²) in [6.07, 6.45) is 1.25. The Labute approximate surface area is 87.0 Å². The fourth-order valence-electron chi connectivity index (χ4n) is 0.757. The molecule has 7 heteroatoms. The molecule has 80 valence electrons. The molecule has 0 spiro atoms. The van der Waals surface area contributed by atoms with Crippen LogP contribution in [0.15, 0.2) is 10.4 Å². The van der Waals surface area contributed by atoms with Crippen LogP contribution in [0, 0.1) is 0 Å². The van der Waals surface area contributed by atoms with Crippen LogP contribution in [0.4, 0.5) is 0 Å². The van der Waals surface area contributed by atoms with Gasteiger partial charge in [0.05, 0.1) is 6.20 Å². The number of hydrogen-bond acceptors (Lipinski definition) is 5. The summed E-state index contributed by atoms with van der Waals surface area (Å²) in [5.74, 6) is 0. The first kappa shape index (κ1) is 11.6. The summed E-state index contributed by atoms with van der Waals surface area (Å²) in [5, 5.41) is 5.54. The molecule has 0 saturated heterocycles. The Morgan fingerprint density at radius 2 is 2.14 bits per heavy atom. The molecule has 5 nitrogen and oxygen atoms in total. The molecule has 0 amide bonds. The van der Waals surface area contributed by atoms with Crippen molar-refractivity contribution >= 4 is 21.4 Å². The van der Waals surface area contributed by atoms with E-state index in [9.17, 15) is 8.42 Å². The normalized spacial score (nSPS) is 13.1. The van der Waals surface area contributed by atoms with E-state index in [1.165, 1.54) is 13.3 Å². The van der Waals surface area contributed by atoms with Crippen molar-refractivity contribution in [1.29, 1.82) is 0 Å². The molecule has 0 fully saturated rings. The molecule has 0 aromatic carbocycles. The highest BCUT2D eigenvalue weighted by molar-refractivity contribution is 7.91. The maximum atomic E-state index is 11.0. The lowest BCUT2D eigenvalue weighted by molar-refractivity contribution is 0.0190. The standard InChI is InChI=1S/C7H12N2O3S2/c1-7(2,12-3)6-9-4-5(13-6)14(8,10)11/h4H,1-3H3,(H2,8,10,11). The largest absolute Gasteiger partial charge is 0.372 e. The number of methoxy groups -OCH3 is 1. The lowest BCUT2D eigenvalue weighted by Gasteiger charge is -2.19. The molecular formula is C7H12N2O3S2. The van der Waals surface area contributed by atoms with E-state index < -0.39 is 15.6 Å². The number of primary sulfonamides is 1. The van der Waals surface area contributed by atoms with Gasteiger partial charge in [0.25, 0.3) is 0 Å². The van der Waals surface area contributed by atoms with Crippen LogP contribution in [0.5, 0.6) is 0 Å². The maximum absolute atomic E-state index is 11.0. The number of nitrogens with zero attached hydrogens (tertiary/aromatic N) is 1. The predicted octanol–water partition coefficient (Wildman–Crippen LogP) is 0.672. The van der Waals surface area contributed by atoms with Gasteiger partial charge in [-0.3, -0.25) is 0 Å². The van der Waals surface area contributed by atoms with Crippen molar-refractivity contribution in [2.24, 2.45) is 5.14 Å². The molecule has 1 rings (SSSR count). The van der Waals surface area contributed by atoms with Crippen LogP contribution >= 0.6 is 11.3 Å². The second-order valence-corrected chi connectivity index (χ2v) is 6.06. The number of aromatic nitrogens is 1. The first-order valence-electron chi connectivity index (χ1n) is 3.81. The van der Waals surface area contributed by atoms with Gasteiger partial charge in [0.15, 0.2) is 4.21 Å². The highest BCUT2D eigenvalue weighted by Gasteiger charge is 2.25. The minimum absolute atomic E-state index is 0.0534. The summed E-state index contributed by atoms with van der Waals surface area (Å²) in [4.78, 5) is 3.96. The van der Waals surface area contributed by atoms with Crippen molar-refractivity contribution in [2.75, 3.05) is 7.11 Å². The quantitative estimate of drug-likeness (QED) is 0.836. The molecule has 14 heavy (non-hydrogen) atoms. The zero-order valence-corrected chi connectivity index (χ0v) is 9.78. The maximum Gasteiger partial charge on any atom is 0.249 e. The molecule has 0 bridgehead atoms. The van der Waals surface area contributed by atoms with Crippen molar-refractivity contribution in [2.45, 2.75) is 23.7 Å². The number of rotatable bonds is 3. The van der Waals surface area contributed by atoms with Gasteiger partial charge in [-0.2, -0.15) is 0 Å². The molecule has 2 N–H and O–H groups in total. The van der Waals surface area contributed by atoms with E-state index in [0.717, 1.165) is 11.3 Å². The Kier molecular flexibility index (Phi) is 2.96. The van der Waals surface area contributed by atoms with E-state index in [1.54, 1.807) is 13.8 Å². The van der Waals surface area contributed by atoms with Crippen LogP contribution in [0.25, 0.3) is 0 Å². The predicted molar refractivity (Wildman–Crippen MR) is 53.5 cm³/mol. The van der Waals surface area contributed by atoms with Crippen LogP contribution in [-0.2, 0) is 20.4 Å². The first-order chi connectivity index (χ1) is 6.27. The SMILES string of the molecule is COC(C)(C)c1ncc(S(N)(=O)=O)s1. The first-order valence-corrected chi connectivity index (χ1v) is 6.18. The zero-order valence-electron chi connectivity index (χ0n) is 8.14. The average Bonchev–Trinajstić information content (AvgIpc) is 2.51. The monoisotopic (exact) mass is 236 g/mol. The Morgan fingerprint density at radius 3 is 2.50 bits per heavy atom. The van der Waals surface area contributed by atoms with Gasteiger partial charge in [-0.25, -0.2) is 18.5 Å². The lowest BCUT2D eigenvalue weighted by atomic mass is 10.1. The summed E-state index contributed by atoms with van der Waals surface area (Å²) in [6, 6.07) is 0. The Hall–Kier alpha value is -0.500. The molecule has 0 aliphatic heterocycles. The third-order valence-electron chi connectivity index (χ3n) is 1.79. The summed E-state index contributed by atoms with van der Waals surface area (Å²) in [7, 11) is -2.11. The number of hydrogen-bond donors (Lipinski definition) is 1. The average molecular weight is 236 g/mol. The van der Waals surface area contributed by atoms with E-state index in [4.69, 9.17) is 9.88 Å². The Morgan fingerprint density at radius 1 is 1.57 bits per heavy atom. The second kappa shape index (κ2) is 3.58. The Bertz CT molecular complexity index is 422. The van der Waals surface area contributed by atoms with Gasteiger partial charge >= 0.3 is 0 Å². The van der Waals surface area contributed by atoms with Crippen molar-refractivity contribution in [3.05, 3.63) is 11.2 Å². The van der Waals surface area contributed by atoms with E-state index in [2.05, 4.69) is 4.98 Å².